The number of aliphatic hydroxyl groups excluding tert-OH is 1. The molecule has 0 aromatic carbocycles. The molecule has 0 spiro atoms. The molecule has 3 rings (SSSR count). The van der Waals surface area contributed by atoms with Crippen LogP contribution in [0.25, 0.3) is 0 Å². The molecule has 1 unspecified atom stereocenters. The molecule has 1 aromatic heterocycles. The van der Waals surface area contributed by atoms with E-state index < -0.39 is 0 Å². The van der Waals surface area contributed by atoms with Crippen LogP contribution in [0.3, 0.4) is 0 Å². The Morgan fingerprint density at radius 3 is 2.76 bits per heavy atom. The predicted octanol–water partition coefficient (Wildman–Crippen LogP) is 3.87. The molecule has 1 aliphatic carbocycles. The van der Waals surface area contributed by atoms with Gasteiger partial charge in [0.05, 0.1) is 18.3 Å². The highest BCUT2D eigenvalue weighted by atomic mass is 32.1. The first-order valence-electron chi connectivity index (χ1n) is 11.2. The van der Waals surface area contributed by atoms with Gasteiger partial charge in [-0.05, 0) is 55.2 Å². The van der Waals surface area contributed by atoms with Crippen molar-refractivity contribution in [3.05, 3.63) is 53.1 Å². The van der Waals surface area contributed by atoms with Gasteiger partial charge in [0, 0.05) is 37.4 Å². The van der Waals surface area contributed by atoms with Crippen LogP contribution >= 0.6 is 11.3 Å². The molecule has 1 fully saturated rings. The van der Waals surface area contributed by atoms with Crippen LogP contribution in [0.15, 0.2) is 42.1 Å². The van der Waals surface area contributed by atoms with Crippen molar-refractivity contribution in [2.75, 3.05) is 32.1 Å². The zero-order valence-corrected chi connectivity index (χ0v) is 20.4. The number of allylic oxidation sites excluding steroid dienone is 3. The smallest absolute Gasteiger partial charge is 0.409 e. The van der Waals surface area contributed by atoms with E-state index in [0.29, 0.717) is 50.3 Å². The van der Waals surface area contributed by atoms with Gasteiger partial charge in [-0.25, -0.2) is 4.79 Å². The number of ether oxygens (including phenoxy) is 1. The molecule has 8 nitrogen and oxygen atoms in total. The highest BCUT2D eigenvalue weighted by Crippen LogP contribution is 2.39. The minimum Gasteiger partial charge on any atom is -0.449 e. The number of carbonyl (C=O) groups is 2. The number of aliphatic hydroxyl groups is 1. The first-order chi connectivity index (χ1) is 16.4. The number of thiophene rings is 1. The molecule has 1 amide bonds. The van der Waals surface area contributed by atoms with Gasteiger partial charge in [0.1, 0.15) is 17.4 Å². The van der Waals surface area contributed by atoms with Crippen molar-refractivity contribution < 1.29 is 19.4 Å². The normalized spacial score (nSPS) is 17.9. The number of fused-ring (bicyclic) bond motifs is 1. The summed E-state index contributed by atoms with van der Waals surface area (Å²) < 4.78 is 5.49. The Bertz CT molecular complexity index is 948. The predicted molar refractivity (Wildman–Crippen MR) is 135 cm³/mol. The van der Waals surface area contributed by atoms with Crippen LogP contribution in [0.1, 0.15) is 35.3 Å². The van der Waals surface area contributed by atoms with Gasteiger partial charge in [-0.1, -0.05) is 19.2 Å². The number of piperidine rings is 1. The van der Waals surface area contributed by atoms with E-state index in [9.17, 15) is 20.0 Å². The number of anilines is 1. The molecule has 1 saturated heterocycles. The van der Waals surface area contributed by atoms with Crippen LogP contribution in [-0.4, -0.2) is 61.4 Å². The molecular weight excluding hydrogens is 452 g/mol. The van der Waals surface area contributed by atoms with E-state index in [1.54, 1.807) is 22.3 Å². The summed E-state index contributed by atoms with van der Waals surface area (Å²) in [6.07, 6.45) is 9.90. The van der Waals surface area contributed by atoms with Gasteiger partial charge in [-0.15, -0.1) is 11.3 Å². The first-order valence-corrected chi connectivity index (χ1v) is 12.0. The van der Waals surface area contributed by atoms with Gasteiger partial charge in [0.2, 0.25) is 0 Å². The number of carbonyl (C=O) groups excluding carboxylic acids is 2. The largest absolute Gasteiger partial charge is 0.449 e. The lowest BCUT2D eigenvalue weighted by atomic mass is 9.88. The first kappa shape index (κ1) is 27.0. The second kappa shape index (κ2) is 14.1. The second-order valence-electron chi connectivity index (χ2n) is 8.00. The van der Waals surface area contributed by atoms with Crippen molar-refractivity contribution in [1.82, 2.24) is 4.90 Å². The van der Waals surface area contributed by atoms with Crippen LogP contribution in [0.2, 0.25) is 0 Å². The van der Waals surface area contributed by atoms with Crippen LogP contribution < -0.4 is 5.32 Å². The number of aliphatic imine (C=N–C) groups is 1. The number of likely N-dealkylation sites (tertiary alicyclic amines) is 1. The molecule has 1 aromatic rings. The number of aldehydes is 1. The number of amides is 1. The van der Waals surface area contributed by atoms with E-state index in [1.807, 2.05) is 7.05 Å². The molecular formula is C25H32N4O4S. The van der Waals surface area contributed by atoms with Gasteiger partial charge in [-0.3, -0.25) is 9.79 Å². The minimum atomic E-state index is -0.291. The van der Waals surface area contributed by atoms with E-state index in [2.05, 4.69) is 29.5 Å². The van der Waals surface area contributed by atoms with Crippen molar-refractivity contribution in [3.63, 3.8) is 0 Å². The van der Waals surface area contributed by atoms with Crippen molar-refractivity contribution in [2.45, 2.75) is 38.2 Å². The number of nitriles is 1. The van der Waals surface area contributed by atoms with Gasteiger partial charge < -0.3 is 20.1 Å². The van der Waals surface area contributed by atoms with Crippen LogP contribution in [0.5, 0.6) is 0 Å². The standard InChI is InChI=1S/C17H23N3O3S.C8H9NO/c1-19-16-14(9-18)13-3-2-11(8-15(13)24-16)10-23-17(22)20-6-4-12(21)5-7-20;1-3-9-7-8(2)5-4-6-10/h11-12,19,21H,2-8,10H2,1H3;3-7H,1-2H2/b;5-4+,9-7?. The average molecular weight is 485 g/mol. The summed E-state index contributed by atoms with van der Waals surface area (Å²) in [5, 5.41) is 22.9. The Kier molecular flexibility index (Phi) is 11.2. The molecule has 2 heterocycles. The SMILES string of the molecule is C=CN=CC(=C)/C=C/C=O.CNc1sc2c(c1C#N)CCC(COC(=O)N1CCC(O)CC1)C2. The lowest BCUT2D eigenvalue weighted by molar-refractivity contribution is -0.104. The summed E-state index contributed by atoms with van der Waals surface area (Å²) in [7, 11) is 1.84. The third kappa shape index (κ3) is 7.97. The Hall–Kier alpha value is -3.22. The van der Waals surface area contributed by atoms with E-state index in [-0.39, 0.29) is 12.2 Å². The van der Waals surface area contributed by atoms with Gasteiger partial charge in [0.25, 0.3) is 0 Å². The number of nitrogens with one attached hydrogen (secondary N) is 1. The molecule has 0 saturated carbocycles. The summed E-state index contributed by atoms with van der Waals surface area (Å²) in [6.45, 7) is 8.52. The lowest BCUT2D eigenvalue weighted by Crippen LogP contribution is -2.41. The number of hydrogen-bond acceptors (Lipinski definition) is 8. The quantitative estimate of drug-likeness (QED) is 0.263. The molecule has 2 N–H and O–H groups in total. The Balaban J connectivity index is 0.000000347. The summed E-state index contributed by atoms with van der Waals surface area (Å²) in [5.74, 6) is 0.312. The number of nitrogens with zero attached hydrogens (tertiary/aromatic N) is 3. The van der Waals surface area contributed by atoms with Crippen LogP contribution in [0.4, 0.5) is 9.80 Å². The van der Waals surface area contributed by atoms with E-state index in [4.69, 9.17) is 4.74 Å². The van der Waals surface area contributed by atoms with Gasteiger partial charge in [-0.2, -0.15) is 5.26 Å². The van der Waals surface area contributed by atoms with Gasteiger partial charge in [0.15, 0.2) is 0 Å². The zero-order chi connectivity index (χ0) is 24.9. The summed E-state index contributed by atoms with van der Waals surface area (Å²) in [6, 6.07) is 2.30. The zero-order valence-electron chi connectivity index (χ0n) is 19.5. The fourth-order valence-electron chi connectivity index (χ4n) is 3.77. The fourth-order valence-corrected chi connectivity index (χ4v) is 5.04. The van der Waals surface area contributed by atoms with Crippen molar-refractivity contribution in [1.29, 1.82) is 5.26 Å². The molecule has 0 bridgehead atoms. The Labute approximate surface area is 204 Å². The Morgan fingerprint density at radius 2 is 2.15 bits per heavy atom. The van der Waals surface area contributed by atoms with E-state index in [0.717, 1.165) is 29.8 Å². The monoisotopic (exact) mass is 484 g/mol. The number of rotatable bonds is 7. The molecule has 0 radical (unpaired) electrons. The van der Waals surface area contributed by atoms with E-state index >= 15 is 0 Å². The molecule has 2 aliphatic rings. The van der Waals surface area contributed by atoms with Crippen molar-refractivity contribution in [2.24, 2.45) is 10.9 Å². The molecule has 1 aliphatic heterocycles. The average Bonchev–Trinajstić information content (AvgIpc) is 3.22. The van der Waals surface area contributed by atoms with Crippen LogP contribution in [-0.2, 0) is 22.4 Å². The maximum Gasteiger partial charge on any atom is 0.409 e. The molecule has 1 atom stereocenters. The van der Waals surface area contributed by atoms with E-state index in [1.165, 1.54) is 28.9 Å². The fraction of sp³-hybridized carbons (Fsp3) is 0.440. The van der Waals surface area contributed by atoms with Crippen molar-refractivity contribution in [3.8, 4) is 6.07 Å². The van der Waals surface area contributed by atoms with Gasteiger partial charge >= 0.3 is 6.09 Å². The number of hydrogen-bond donors (Lipinski definition) is 2. The highest BCUT2D eigenvalue weighted by molar-refractivity contribution is 7.16. The minimum absolute atomic E-state index is 0.271. The van der Waals surface area contributed by atoms with Crippen molar-refractivity contribution >= 4 is 34.9 Å². The topological polar surface area (TPSA) is 115 Å². The summed E-state index contributed by atoms with van der Waals surface area (Å²) >= 11 is 1.64. The third-order valence-electron chi connectivity index (χ3n) is 5.61. The maximum absolute atomic E-state index is 12.1. The van der Waals surface area contributed by atoms with Crippen LogP contribution in [0, 0.1) is 17.2 Å². The highest BCUT2D eigenvalue weighted by Gasteiger charge is 2.28. The Morgan fingerprint density at radius 1 is 1.41 bits per heavy atom. The second-order valence-corrected chi connectivity index (χ2v) is 9.11. The maximum atomic E-state index is 12.1. The summed E-state index contributed by atoms with van der Waals surface area (Å²) in [5.41, 5.74) is 2.62. The lowest BCUT2D eigenvalue weighted by Gasteiger charge is -2.30. The summed E-state index contributed by atoms with van der Waals surface area (Å²) in [4.78, 5) is 28.5. The molecule has 34 heavy (non-hydrogen) atoms. The third-order valence-corrected chi connectivity index (χ3v) is 6.88. The molecule has 9 heteroatoms. The molecule has 182 valence electrons.